The fraction of sp³-hybridized carbons (Fsp3) is 0.125. The summed E-state index contributed by atoms with van der Waals surface area (Å²) in [7, 11) is 0. The molecule has 7 heteroatoms. The number of thiophene rings is 1. The van der Waals surface area contributed by atoms with Crippen LogP contribution in [0.1, 0.15) is 34.8 Å². The van der Waals surface area contributed by atoms with Crippen molar-refractivity contribution in [3.63, 3.8) is 0 Å². The van der Waals surface area contributed by atoms with E-state index in [0.717, 1.165) is 4.88 Å². The highest BCUT2D eigenvalue weighted by Gasteiger charge is 2.20. The van der Waals surface area contributed by atoms with E-state index in [1.165, 1.54) is 17.4 Å². The molecule has 1 atom stereocenters. The van der Waals surface area contributed by atoms with Crippen LogP contribution in [-0.2, 0) is 4.74 Å². The third-order valence-corrected chi connectivity index (χ3v) is 3.89. The van der Waals surface area contributed by atoms with Gasteiger partial charge in [0.05, 0.1) is 22.1 Å². The molecule has 2 aromatic heterocycles. The molecular weight excluding hydrogens is 314 g/mol. The molecule has 2 heterocycles. The molecule has 0 spiro atoms. The summed E-state index contributed by atoms with van der Waals surface area (Å²) in [4.78, 5) is 13.0. The first-order chi connectivity index (χ1) is 11.2. The van der Waals surface area contributed by atoms with Crippen molar-refractivity contribution in [1.29, 1.82) is 5.26 Å². The van der Waals surface area contributed by atoms with Crippen LogP contribution in [0.4, 0.5) is 0 Å². The Morgan fingerprint density at radius 3 is 2.96 bits per heavy atom. The van der Waals surface area contributed by atoms with Gasteiger partial charge in [0.25, 0.3) is 11.8 Å². The van der Waals surface area contributed by atoms with Gasteiger partial charge in [0.2, 0.25) is 0 Å². The number of benzene rings is 1. The molecule has 0 amide bonds. The summed E-state index contributed by atoms with van der Waals surface area (Å²) in [5, 5.41) is 18.6. The topological polar surface area (TPSA) is 89.0 Å². The molecule has 0 saturated carbocycles. The number of carbonyl (C=O) groups is 1. The van der Waals surface area contributed by atoms with Crippen LogP contribution < -0.4 is 0 Å². The molecule has 23 heavy (non-hydrogen) atoms. The smallest absolute Gasteiger partial charge is 0.338 e. The van der Waals surface area contributed by atoms with Crippen molar-refractivity contribution >= 4 is 17.3 Å². The zero-order valence-corrected chi connectivity index (χ0v) is 12.9. The summed E-state index contributed by atoms with van der Waals surface area (Å²) in [6.07, 6.45) is -0.686. The normalized spacial score (nSPS) is 11.7. The Hall–Kier alpha value is -2.98. The van der Waals surface area contributed by atoms with E-state index in [4.69, 9.17) is 14.4 Å². The summed E-state index contributed by atoms with van der Waals surface area (Å²) < 4.78 is 10.8. The van der Waals surface area contributed by atoms with Gasteiger partial charge in [0.1, 0.15) is 0 Å². The minimum Gasteiger partial charge on any atom is -0.449 e. The van der Waals surface area contributed by atoms with Crippen LogP contribution in [-0.4, -0.2) is 16.2 Å². The molecule has 3 rings (SSSR count). The lowest BCUT2D eigenvalue weighted by atomic mass is 10.1. The second kappa shape index (κ2) is 6.42. The van der Waals surface area contributed by atoms with Gasteiger partial charge in [-0.1, -0.05) is 12.1 Å². The van der Waals surface area contributed by atoms with Crippen LogP contribution in [0.3, 0.4) is 0 Å². The third kappa shape index (κ3) is 3.27. The quantitative estimate of drug-likeness (QED) is 0.681. The van der Waals surface area contributed by atoms with Crippen molar-refractivity contribution in [1.82, 2.24) is 10.2 Å². The predicted octanol–water partition coefficient (Wildman–Crippen LogP) is 3.59. The van der Waals surface area contributed by atoms with Gasteiger partial charge >= 0.3 is 5.97 Å². The van der Waals surface area contributed by atoms with E-state index in [1.807, 2.05) is 23.6 Å². The Morgan fingerprint density at radius 1 is 1.35 bits per heavy atom. The second-order valence-electron chi connectivity index (χ2n) is 4.66. The van der Waals surface area contributed by atoms with Crippen molar-refractivity contribution in [2.45, 2.75) is 13.0 Å². The number of esters is 1. The molecule has 0 aliphatic rings. The van der Waals surface area contributed by atoms with E-state index < -0.39 is 12.1 Å². The average Bonchev–Trinajstić information content (AvgIpc) is 3.25. The lowest BCUT2D eigenvalue weighted by Gasteiger charge is -2.09. The van der Waals surface area contributed by atoms with E-state index in [-0.39, 0.29) is 5.89 Å². The van der Waals surface area contributed by atoms with E-state index >= 15 is 0 Å². The first-order valence-electron chi connectivity index (χ1n) is 6.76. The Bertz CT molecular complexity index is 865. The summed E-state index contributed by atoms with van der Waals surface area (Å²) in [6.45, 7) is 1.65. The van der Waals surface area contributed by atoms with E-state index in [1.54, 1.807) is 25.1 Å². The maximum absolute atomic E-state index is 12.1. The minimum atomic E-state index is -0.686. The lowest BCUT2D eigenvalue weighted by molar-refractivity contribution is 0.0280. The van der Waals surface area contributed by atoms with Gasteiger partial charge in [0.15, 0.2) is 6.10 Å². The lowest BCUT2D eigenvalue weighted by Crippen LogP contribution is -2.09. The van der Waals surface area contributed by atoms with Gasteiger partial charge in [-0.25, -0.2) is 4.79 Å². The summed E-state index contributed by atoms with van der Waals surface area (Å²) in [6, 6.07) is 12.0. The van der Waals surface area contributed by atoms with Crippen molar-refractivity contribution in [2.24, 2.45) is 0 Å². The highest BCUT2D eigenvalue weighted by atomic mass is 32.1. The SMILES string of the molecule is CC(OC(=O)c1cccc(C#N)c1)c1nnc(-c2cccs2)o1. The molecular formula is C16H11N3O3S. The number of hydrogen-bond acceptors (Lipinski definition) is 7. The Balaban J connectivity index is 1.72. The van der Waals surface area contributed by atoms with Gasteiger partial charge in [-0.2, -0.15) is 5.26 Å². The molecule has 6 nitrogen and oxygen atoms in total. The molecule has 0 bridgehead atoms. The van der Waals surface area contributed by atoms with Crippen molar-refractivity contribution in [2.75, 3.05) is 0 Å². The number of carbonyl (C=O) groups excluding carboxylic acids is 1. The van der Waals surface area contributed by atoms with E-state index in [0.29, 0.717) is 17.0 Å². The molecule has 0 radical (unpaired) electrons. The highest BCUT2D eigenvalue weighted by Crippen LogP contribution is 2.26. The Labute approximate surface area is 136 Å². The number of nitrogens with zero attached hydrogens (tertiary/aromatic N) is 3. The van der Waals surface area contributed by atoms with Crippen LogP contribution in [0, 0.1) is 11.3 Å². The maximum atomic E-state index is 12.1. The second-order valence-corrected chi connectivity index (χ2v) is 5.61. The van der Waals surface area contributed by atoms with Gasteiger partial charge in [-0.3, -0.25) is 0 Å². The largest absolute Gasteiger partial charge is 0.449 e. The van der Waals surface area contributed by atoms with Crippen molar-refractivity contribution in [3.8, 4) is 16.8 Å². The zero-order chi connectivity index (χ0) is 16.2. The fourth-order valence-electron chi connectivity index (χ4n) is 1.89. The summed E-state index contributed by atoms with van der Waals surface area (Å²) >= 11 is 1.48. The van der Waals surface area contributed by atoms with Crippen LogP contribution in [0.2, 0.25) is 0 Å². The number of hydrogen-bond donors (Lipinski definition) is 0. The maximum Gasteiger partial charge on any atom is 0.338 e. The standard InChI is InChI=1S/C16H11N3O3S/c1-10(14-18-19-15(22-14)13-6-3-7-23-13)21-16(20)12-5-2-4-11(8-12)9-17/h2-8,10H,1H3. The van der Waals surface area contributed by atoms with Gasteiger partial charge in [-0.15, -0.1) is 21.5 Å². The number of nitriles is 1. The molecule has 1 unspecified atom stereocenters. The van der Waals surface area contributed by atoms with Crippen LogP contribution >= 0.6 is 11.3 Å². The zero-order valence-electron chi connectivity index (χ0n) is 12.1. The Morgan fingerprint density at radius 2 is 2.22 bits per heavy atom. The number of ether oxygens (including phenoxy) is 1. The van der Waals surface area contributed by atoms with Crippen LogP contribution in [0.25, 0.3) is 10.8 Å². The van der Waals surface area contributed by atoms with Crippen LogP contribution in [0.5, 0.6) is 0 Å². The number of aromatic nitrogens is 2. The van der Waals surface area contributed by atoms with Gasteiger partial charge in [-0.05, 0) is 36.6 Å². The fourth-order valence-corrected chi connectivity index (χ4v) is 2.54. The third-order valence-electron chi connectivity index (χ3n) is 3.03. The minimum absolute atomic E-state index is 0.221. The molecule has 114 valence electrons. The predicted molar refractivity (Wildman–Crippen MR) is 82.6 cm³/mol. The van der Waals surface area contributed by atoms with E-state index in [2.05, 4.69) is 10.2 Å². The highest BCUT2D eigenvalue weighted by molar-refractivity contribution is 7.13. The first-order valence-corrected chi connectivity index (χ1v) is 7.64. The van der Waals surface area contributed by atoms with Crippen LogP contribution in [0.15, 0.2) is 46.2 Å². The average molecular weight is 325 g/mol. The molecule has 0 aliphatic heterocycles. The van der Waals surface area contributed by atoms with E-state index in [9.17, 15) is 4.79 Å². The Kier molecular flexibility index (Phi) is 4.17. The molecule has 0 N–H and O–H groups in total. The first kappa shape index (κ1) is 14.9. The summed E-state index contributed by atoms with van der Waals surface area (Å²) in [5.74, 6) is 0.0630. The molecule has 0 fully saturated rings. The molecule has 0 saturated heterocycles. The van der Waals surface area contributed by atoms with Gasteiger partial charge < -0.3 is 9.15 Å². The monoisotopic (exact) mass is 325 g/mol. The molecule has 0 aliphatic carbocycles. The van der Waals surface area contributed by atoms with Crippen molar-refractivity contribution < 1.29 is 13.9 Å². The summed E-state index contributed by atoms with van der Waals surface area (Å²) in [5.41, 5.74) is 0.693. The molecule has 3 aromatic rings. The van der Waals surface area contributed by atoms with Gasteiger partial charge in [0, 0.05) is 0 Å². The van der Waals surface area contributed by atoms with Crippen molar-refractivity contribution in [3.05, 3.63) is 58.8 Å². The number of rotatable bonds is 4. The molecule has 1 aromatic carbocycles.